The van der Waals surface area contributed by atoms with Crippen LogP contribution in [0.4, 0.5) is 0 Å². The number of hydrogen-bond donors (Lipinski definition) is 2. The van der Waals surface area contributed by atoms with Crippen molar-refractivity contribution in [2.45, 2.75) is 12.3 Å². The maximum atomic E-state index is 13.1. The van der Waals surface area contributed by atoms with Gasteiger partial charge in [-0.3, -0.25) is 9.59 Å². The van der Waals surface area contributed by atoms with Crippen molar-refractivity contribution in [1.29, 1.82) is 0 Å². The third-order valence-corrected chi connectivity index (χ3v) is 6.11. The summed E-state index contributed by atoms with van der Waals surface area (Å²) >= 11 is 5.91. The fraction of sp³-hybridized carbons (Fsp3) is 0.0741. The molecule has 0 saturated carbocycles. The van der Waals surface area contributed by atoms with E-state index < -0.39 is 23.6 Å². The van der Waals surface area contributed by atoms with Gasteiger partial charge in [0, 0.05) is 21.7 Å². The highest BCUT2D eigenvalue weighted by Gasteiger charge is 2.35. The van der Waals surface area contributed by atoms with Crippen LogP contribution in [0.15, 0.2) is 77.2 Å². The third kappa shape index (κ3) is 4.18. The van der Waals surface area contributed by atoms with Crippen LogP contribution in [-0.4, -0.2) is 27.9 Å². The number of aromatic carboxylic acids is 1. The minimum absolute atomic E-state index is 0.0602. The first kappa shape index (κ1) is 22.4. The van der Waals surface area contributed by atoms with Crippen LogP contribution < -0.4 is 4.74 Å². The predicted octanol–water partition coefficient (Wildman–Crippen LogP) is 5.68. The SMILES string of the molecule is O=C1C[C@H](c2ccc(-c3ccc(C(=O)O)cc3)o2)c2c(ccc(C(=O)c3ccc(Cl)cc3)c2O)O1. The average Bonchev–Trinajstić information content (AvgIpc) is 3.34. The zero-order valence-electron chi connectivity index (χ0n) is 18.0. The largest absolute Gasteiger partial charge is 0.507 e. The Labute approximate surface area is 204 Å². The summed E-state index contributed by atoms with van der Waals surface area (Å²) in [5, 5.41) is 20.7. The Hall–Kier alpha value is -4.36. The molecule has 1 aliphatic rings. The summed E-state index contributed by atoms with van der Waals surface area (Å²) in [6.07, 6.45) is -0.0932. The summed E-state index contributed by atoms with van der Waals surface area (Å²) in [4.78, 5) is 36.4. The summed E-state index contributed by atoms with van der Waals surface area (Å²) in [7, 11) is 0. The molecule has 1 aromatic heterocycles. The molecule has 0 saturated heterocycles. The van der Waals surface area contributed by atoms with E-state index >= 15 is 0 Å². The fourth-order valence-corrected chi connectivity index (χ4v) is 4.23. The van der Waals surface area contributed by atoms with Crippen LogP contribution in [0.1, 0.15) is 49.9 Å². The van der Waals surface area contributed by atoms with Crippen molar-refractivity contribution >= 4 is 29.3 Å². The van der Waals surface area contributed by atoms with E-state index in [2.05, 4.69) is 0 Å². The van der Waals surface area contributed by atoms with Gasteiger partial charge in [0.05, 0.1) is 23.5 Å². The van der Waals surface area contributed by atoms with Crippen LogP contribution in [0.5, 0.6) is 11.5 Å². The Balaban J connectivity index is 1.53. The number of carboxylic acids is 1. The molecule has 4 aromatic rings. The molecule has 0 spiro atoms. The van der Waals surface area contributed by atoms with Gasteiger partial charge < -0.3 is 19.4 Å². The van der Waals surface area contributed by atoms with Crippen LogP contribution in [0.25, 0.3) is 11.3 Å². The van der Waals surface area contributed by atoms with Gasteiger partial charge >= 0.3 is 11.9 Å². The molecular weight excluding hydrogens is 472 g/mol. The highest BCUT2D eigenvalue weighted by molar-refractivity contribution is 6.30. The molecule has 0 amide bonds. The zero-order valence-corrected chi connectivity index (χ0v) is 18.8. The Morgan fingerprint density at radius 3 is 2.26 bits per heavy atom. The van der Waals surface area contributed by atoms with Crippen LogP contribution in [0, 0.1) is 0 Å². The molecular formula is C27H17ClO7. The lowest BCUT2D eigenvalue weighted by atomic mass is 9.87. The number of halogens is 1. The Morgan fingerprint density at radius 1 is 0.886 bits per heavy atom. The number of hydrogen-bond acceptors (Lipinski definition) is 6. The lowest BCUT2D eigenvalue weighted by Crippen LogP contribution is -2.21. The van der Waals surface area contributed by atoms with E-state index in [1.807, 2.05) is 0 Å². The molecule has 1 atom stereocenters. The summed E-state index contributed by atoms with van der Waals surface area (Å²) < 4.78 is 11.3. The second-order valence-electron chi connectivity index (χ2n) is 8.02. The number of carbonyl (C=O) groups excluding carboxylic acids is 2. The van der Waals surface area contributed by atoms with Crippen LogP contribution in [0.3, 0.4) is 0 Å². The standard InChI is InChI=1S/C27H17ClO7/c28-17-7-5-15(6-8-17)25(30)18-9-10-22-24(26(18)31)19(13-23(29)35-22)21-12-11-20(34-21)14-1-3-16(4-2-14)27(32)33/h1-12,19,31H,13H2,(H,32,33)/t19-/m1/s1. The van der Waals surface area contributed by atoms with Gasteiger partial charge in [-0.25, -0.2) is 4.79 Å². The fourth-order valence-electron chi connectivity index (χ4n) is 4.10. The molecule has 0 aliphatic carbocycles. The topological polar surface area (TPSA) is 114 Å². The van der Waals surface area contributed by atoms with Gasteiger partial charge in [0.15, 0.2) is 5.78 Å². The van der Waals surface area contributed by atoms with E-state index in [0.29, 0.717) is 27.7 Å². The van der Waals surface area contributed by atoms with Crippen LogP contribution in [-0.2, 0) is 4.79 Å². The second kappa shape index (κ2) is 8.77. The van der Waals surface area contributed by atoms with Crippen molar-refractivity contribution in [3.63, 3.8) is 0 Å². The Bertz CT molecular complexity index is 1470. The number of aromatic hydroxyl groups is 1. The summed E-state index contributed by atoms with van der Waals surface area (Å²) in [6, 6.07) is 18.8. The molecule has 174 valence electrons. The Kier molecular flexibility index (Phi) is 5.62. The zero-order chi connectivity index (χ0) is 24.7. The lowest BCUT2D eigenvalue weighted by Gasteiger charge is -2.25. The summed E-state index contributed by atoms with van der Waals surface area (Å²) in [5.74, 6) is -1.90. The normalized spacial score (nSPS) is 14.8. The van der Waals surface area contributed by atoms with E-state index in [1.54, 1.807) is 48.5 Å². The van der Waals surface area contributed by atoms with E-state index in [-0.39, 0.29) is 34.6 Å². The number of benzene rings is 3. The minimum Gasteiger partial charge on any atom is -0.507 e. The van der Waals surface area contributed by atoms with Crippen LogP contribution in [0.2, 0.25) is 5.02 Å². The van der Waals surface area contributed by atoms with Crippen LogP contribution >= 0.6 is 11.6 Å². The molecule has 0 radical (unpaired) electrons. The number of fused-ring (bicyclic) bond motifs is 1. The maximum absolute atomic E-state index is 13.1. The van der Waals surface area contributed by atoms with Gasteiger partial charge in [-0.2, -0.15) is 0 Å². The molecule has 0 fully saturated rings. The van der Waals surface area contributed by atoms with Gasteiger partial charge in [-0.1, -0.05) is 23.7 Å². The van der Waals surface area contributed by atoms with Gasteiger partial charge in [0.1, 0.15) is 23.0 Å². The number of ether oxygens (including phenoxy) is 1. The van der Waals surface area contributed by atoms with E-state index in [4.69, 9.17) is 25.9 Å². The van der Waals surface area contributed by atoms with Gasteiger partial charge in [0.2, 0.25) is 0 Å². The molecule has 2 N–H and O–H groups in total. The van der Waals surface area contributed by atoms with E-state index in [9.17, 15) is 19.5 Å². The molecule has 8 heteroatoms. The summed E-state index contributed by atoms with van der Waals surface area (Å²) in [5.41, 5.74) is 1.48. The number of carboxylic acid groups (broad SMARTS) is 1. The van der Waals surface area contributed by atoms with Gasteiger partial charge in [-0.05, 0) is 60.7 Å². The predicted molar refractivity (Wildman–Crippen MR) is 126 cm³/mol. The number of esters is 1. The van der Waals surface area contributed by atoms with E-state index in [1.165, 1.54) is 24.3 Å². The molecule has 0 unspecified atom stereocenters. The van der Waals surface area contributed by atoms with Gasteiger partial charge in [0.25, 0.3) is 0 Å². The third-order valence-electron chi connectivity index (χ3n) is 5.86. The van der Waals surface area contributed by atoms with Crippen molar-refractivity contribution in [2.24, 2.45) is 0 Å². The van der Waals surface area contributed by atoms with Crippen molar-refractivity contribution in [1.82, 2.24) is 0 Å². The first-order valence-electron chi connectivity index (χ1n) is 10.6. The maximum Gasteiger partial charge on any atom is 0.335 e. The molecule has 2 heterocycles. The molecule has 1 aliphatic heterocycles. The highest BCUT2D eigenvalue weighted by Crippen LogP contribution is 2.46. The highest BCUT2D eigenvalue weighted by atomic mass is 35.5. The second-order valence-corrected chi connectivity index (χ2v) is 8.46. The monoisotopic (exact) mass is 488 g/mol. The number of phenolic OH excluding ortho intramolecular Hbond substituents is 1. The van der Waals surface area contributed by atoms with Crippen molar-refractivity contribution in [2.75, 3.05) is 0 Å². The van der Waals surface area contributed by atoms with E-state index in [0.717, 1.165) is 0 Å². The number of rotatable bonds is 5. The molecule has 35 heavy (non-hydrogen) atoms. The van der Waals surface area contributed by atoms with Gasteiger partial charge in [-0.15, -0.1) is 0 Å². The van der Waals surface area contributed by atoms with Crippen molar-refractivity contribution < 1.29 is 33.8 Å². The molecule has 7 nitrogen and oxygen atoms in total. The average molecular weight is 489 g/mol. The molecule has 0 bridgehead atoms. The molecule has 3 aromatic carbocycles. The van der Waals surface area contributed by atoms with Crippen molar-refractivity contribution in [3.8, 4) is 22.8 Å². The molecule has 5 rings (SSSR count). The Morgan fingerprint density at radius 2 is 1.57 bits per heavy atom. The van der Waals surface area contributed by atoms with Crippen molar-refractivity contribution in [3.05, 3.63) is 106 Å². The number of phenols is 1. The number of carbonyl (C=O) groups is 3. The quantitative estimate of drug-likeness (QED) is 0.211. The first-order chi connectivity index (χ1) is 16.8. The first-order valence-corrected chi connectivity index (χ1v) is 11.0. The smallest absolute Gasteiger partial charge is 0.335 e. The number of furan rings is 1. The lowest BCUT2D eigenvalue weighted by molar-refractivity contribution is -0.135. The number of ketones is 1. The minimum atomic E-state index is -1.03. The summed E-state index contributed by atoms with van der Waals surface area (Å²) in [6.45, 7) is 0.